The number of halogens is 1. The monoisotopic (exact) mass is 309 g/mol. The molecule has 0 aromatic heterocycles. The van der Waals surface area contributed by atoms with Crippen LogP contribution in [0.3, 0.4) is 0 Å². The first-order chi connectivity index (χ1) is 8.60. The smallest absolute Gasteiger partial charge is 0.243 e. The SMILES string of the molecule is CCCC(=O)N1CSCC1C(=O)NCC(C)NC.Cl. The Labute approximate surface area is 125 Å². The molecule has 5 nitrogen and oxygen atoms in total. The number of nitrogens with zero attached hydrogens (tertiary/aromatic N) is 1. The average molecular weight is 310 g/mol. The number of likely N-dealkylation sites (N-methyl/N-ethyl adjacent to an activating group) is 1. The first-order valence-corrected chi connectivity index (χ1v) is 7.57. The zero-order valence-electron chi connectivity index (χ0n) is 11.8. The number of rotatable bonds is 6. The summed E-state index contributed by atoms with van der Waals surface area (Å²) in [5.74, 6) is 1.39. The molecule has 19 heavy (non-hydrogen) atoms. The highest BCUT2D eigenvalue weighted by Crippen LogP contribution is 2.22. The van der Waals surface area contributed by atoms with Crippen molar-refractivity contribution < 1.29 is 9.59 Å². The van der Waals surface area contributed by atoms with E-state index in [0.29, 0.717) is 24.6 Å². The molecule has 7 heteroatoms. The molecule has 1 aliphatic heterocycles. The number of carbonyl (C=O) groups excluding carboxylic acids is 2. The second-order valence-corrected chi connectivity index (χ2v) is 5.56. The lowest BCUT2D eigenvalue weighted by Gasteiger charge is -2.23. The van der Waals surface area contributed by atoms with Gasteiger partial charge in [0.05, 0.1) is 5.88 Å². The molecule has 1 fully saturated rings. The maximum atomic E-state index is 12.0. The van der Waals surface area contributed by atoms with E-state index in [4.69, 9.17) is 0 Å². The van der Waals surface area contributed by atoms with Crippen LogP contribution in [0.2, 0.25) is 0 Å². The van der Waals surface area contributed by atoms with Gasteiger partial charge in [0.2, 0.25) is 11.8 Å². The van der Waals surface area contributed by atoms with Gasteiger partial charge in [-0.3, -0.25) is 9.59 Å². The summed E-state index contributed by atoms with van der Waals surface area (Å²) >= 11 is 1.64. The molecule has 2 atom stereocenters. The zero-order chi connectivity index (χ0) is 13.5. The highest BCUT2D eigenvalue weighted by atomic mass is 35.5. The van der Waals surface area contributed by atoms with Crippen LogP contribution < -0.4 is 10.6 Å². The van der Waals surface area contributed by atoms with Gasteiger partial charge in [-0.25, -0.2) is 0 Å². The van der Waals surface area contributed by atoms with Crippen molar-refractivity contribution in [3.8, 4) is 0 Å². The summed E-state index contributed by atoms with van der Waals surface area (Å²) in [7, 11) is 1.86. The molecule has 0 saturated carbocycles. The molecule has 0 aliphatic carbocycles. The lowest BCUT2D eigenvalue weighted by molar-refractivity contribution is -0.138. The van der Waals surface area contributed by atoms with Crippen LogP contribution in [0.1, 0.15) is 26.7 Å². The van der Waals surface area contributed by atoms with Gasteiger partial charge in [0, 0.05) is 24.8 Å². The molecule has 0 aromatic rings. The van der Waals surface area contributed by atoms with Gasteiger partial charge in [-0.05, 0) is 20.4 Å². The van der Waals surface area contributed by atoms with Crippen LogP contribution in [0.25, 0.3) is 0 Å². The van der Waals surface area contributed by atoms with Crippen molar-refractivity contribution in [3.63, 3.8) is 0 Å². The van der Waals surface area contributed by atoms with Gasteiger partial charge in [0.25, 0.3) is 0 Å². The van der Waals surface area contributed by atoms with Gasteiger partial charge in [-0.1, -0.05) is 6.92 Å². The van der Waals surface area contributed by atoms with E-state index in [1.807, 2.05) is 20.9 Å². The van der Waals surface area contributed by atoms with Crippen LogP contribution in [-0.2, 0) is 9.59 Å². The third-order valence-electron chi connectivity index (χ3n) is 3.04. The van der Waals surface area contributed by atoms with E-state index < -0.39 is 0 Å². The minimum absolute atomic E-state index is 0. The van der Waals surface area contributed by atoms with Crippen LogP contribution >= 0.6 is 24.2 Å². The average Bonchev–Trinajstić information content (AvgIpc) is 2.85. The molecule has 1 rings (SSSR count). The van der Waals surface area contributed by atoms with Crippen molar-refractivity contribution in [2.24, 2.45) is 0 Å². The quantitative estimate of drug-likeness (QED) is 0.763. The molecular formula is C12H24ClN3O2S. The van der Waals surface area contributed by atoms with Crippen molar-refractivity contribution in [2.45, 2.75) is 38.8 Å². The summed E-state index contributed by atoms with van der Waals surface area (Å²) in [6.45, 7) is 4.57. The maximum absolute atomic E-state index is 12.0. The van der Waals surface area contributed by atoms with E-state index in [0.717, 1.165) is 6.42 Å². The normalized spacial score (nSPS) is 19.7. The molecule has 1 aliphatic rings. The van der Waals surface area contributed by atoms with Crippen LogP contribution in [0.5, 0.6) is 0 Å². The summed E-state index contributed by atoms with van der Waals surface area (Å²) in [6, 6.07) is -0.0547. The summed E-state index contributed by atoms with van der Waals surface area (Å²) in [6.07, 6.45) is 1.35. The number of thioether (sulfide) groups is 1. The van der Waals surface area contributed by atoms with Crippen molar-refractivity contribution >= 4 is 36.0 Å². The third-order valence-corrected chi connectivity index (χ3v) is 4.06. The Morgan fingerprint density at radius 3 is 2.74 bits per heavy atom. The molecule has 112 valence electrons. The predicted octanol–water partition coefficient (Wildman–Crippen LogP) is 0.834. The summed E-state index contributed by atoms with van der Waals surface area (Å²) in [5.41, 5.74) is 0. The lowest BCUT2D eigenvalue weighted by atomic mass is 10.2. The first kappa shape index (κ1) is 18.5. The van der Waals surface area contributed by atoms with E-state index in [2.05, 4.69) is 10.6 Å². The van der Waals surface area contributed by atoms with Gasteiger partial charge >= 0.3 is 0 Å². The second-order valence-electron chi connectivity index (χ2n) is 4.56. The zero-order valence-corrected chi connectivity index (χ0v) is 13.4. The Morgan fingerprint density at radius 2 is 2.16 bits per heavy atom. The van der Waals surface area contributed by atoms with E-state index in [1.54, 1.807) is 16.7 Å². The van der Waals surface area contributed by atoms with Gasteiger partial charge in [0.1, 0.15) is 6.04 Å². The molecule has 1 saturated heterocycles. The van der Waals surface area contributed by atoms with Crippen LogP contribution in [0.15, 0.2) is 0 Å². The number of hydrogen-bond donors (Lipinski definition) is 2. The summed E-state index contributed by atoms with van der Waals surface area (Å²) < 4.78 is 0. The minimum atomic E-state index is -0.293. The number of carbonyl (C=O) groups is 2. The molecule has 0 aromatic carbocycles. The third kappa shape index (κ3) is 5.58. The number of amides is 2. The van der Waals surface area contributed by atoms with Gasteiger partial charge < -0.3 is 15.5 Å². The highest BCUT2D eigenvalue weighted by molar-refractivity contribution is 7.99. The lowest BCUT2D eigenvalue weighted by Crippen LogP contribution is -2.49. The fraction of sp³-hybridized carbons (Fsp3) is 0.833. The fourth-order valence-electron chi connectivity index (χ4n) is 1.74. The van der Waals surface area contributed by atoms with Crippen LogP contribution in [0, 0.1) is 0 Å². The molecule has 0 spiro atoms. The van der Waals surface area contributed by atoms with E-state index in [9.17, 15) is 9.59 Å². The Bertz CT molecular complexity index is 305. The van der Waals surface area contributed by atoms with Crippen LogP contribution in [0.4, 0.5) is 0 Å². The molecular weight excluding hydrogens is 286 g/mol. The summed E-state index contributed by atoms with van der Waals surface area (Å²) in [4.78, 5) is 25.6. The fourth-order valence-corrected chi connectivity index (χ4v) is 2.92. The standard InChI is InChI=1S/C12H23N3O2S.ClH/c1-4-5-11(16)15-8-18-7-10(15)12(17)14-6-9(2)13-3;/h9-10,13H,4-8H2,1-3H3,(H,14,17);1H. The highest BCUT2D eigenvalue weighted by Gasteiger charge is 2.33. The number of hydrogen-bond acceptors (Lipinski definition) is 4. The Kier molecular flexibility index (Phi) is 9.22. The molecule has 2 amide bonds. The predicted molar refractivity (Wildman–Crippen MR) is 81.6 cm³/mol. The van der Waals surface area contributed by atoms with Crippen molar-refractivity contribution in [1.29, 1.82) is 0 Å². The Morgan fingerprint density at radius 1 is 1.47 bits per heavy atom. The van der Waals surface area contributed by atoms with Crippen molar-refractivity contribution in [3.05, 3.63) is 0 Å². The van der Waals surface area contributed by atoms with Gasteiger partial charge in [-0.15, -0.1) is 24.2 Å². The second kappa shape index (κ2) is 9.44. The van der Waals surface area contributed by atoms with Gasteiger partial charge in [0.15, 0.2) is 0 Å². The minimum Gasteiger partial charge on any atom is -0.353 e. The van der Waals surface area contributed by atoms with E-state index in [1.165, 1.54) is 0 Å². The molecule has 2 unspecified atom stereocenters. The Hall–Kier alpha value is -0.460. The topological polar surface area (TPSA) is 61.4 Å². The van der Waals surface area contributed by atoms with Crippen molar-refractivity contribution in [2.75, 3.05) is 25.2 Å². The largest absolute Gasteiger partial charge is 0.353 e. The molecule has 0 radical (unpaired) electrons. The first-order valence-electron chi connectivity index (χ1n) is 6.42. The van der Waals surface area contributed by atoms with E-state index in [-0.39, 0.29) is 36.3 Å². The molecule has 0 bridgehead atoms. The molecule has 2 N–H and O–H groups in total. The van der Waals surface area contributed by atoms with E-state index >= 15 is 0 Å². The Balaban J connectivity index is 0.00000324. The molecule has 1 heterocycles. The number of nitrogens with one attached hydrogen (secondary N) is 2. The van der Waals surface area contributed by atoms with Gasteiger partial charge in [-0.2, -0.15) is 0 Å². The summed E-state index contributed by atoms with van der Waals surface area (Å²) in [5, 5.41) is 5.96. The maximum Gasteiger partial charge on any atom is 0.243 e. The van der Waals surface area contributed by atoms with Crippen molar-refractivity contribution in [1.82, 2.24) is 15.5 Å². The van der Waals surface area contributed by atoms with Crippen LogP contribution in [-0.4, -0.2) is 54.0 Å².